The maximum Gasteiger partial charge on any atom is 0.0969 e. The molecule has 0 spiro atoms. The fourth-order valence-electron chi connectivity index (χ4n) is 4.52. The second-order valence-electron chi connectivity index (χ2n) is 7.87. The van der Waals surface area contributed by atoms with Crippen LogP contribution >= 0.6 is 0 Å². The van der Waals surface area contributed by atoms with E-state index in [-0.39, 0.29) is 0 Å². The number of likely N-dealkylation sites (tertiary alicyclic amines) is 1. The standard InChI is InChI=1S/C21H34N2/c1-2-7-11-20(12-8-3-1)22-21-14-17-23(18-15-21)16-13-19-9-5-4-6-10-19/h4-6,9-10,20-22H,1-3,7-8,11-18H2/p+2. The Morgan fingerprint density at radius 2 is 1.39 bits per heavy atom. The number of hydrogen-bond acceptors (Lipinski definition) is 0. The molecular formula is C21H36N2+2. The maximum absolute atomic E-state index is 2.78. The molecule has 2 heteroatoms. The second-order valence-corrected chi connectivity index (χ2v) is 7.87. The molecule has 1 aliphatic carbocycles. The Morgan fingerprint density at radius 3 is 2.09 bits per heavy atom. The topological polar surface area (TPSA) is 21.1 Å². The van der Waals surface area contributed by atoms with Crippen LogP contribution in [0.3, 0.4) is 0 Å². The molecule has 0 unspecified atom stereocenters. The highest BCUT2D eigenvalue weighted by Crippen LogP contribution is 2.15. The predicted octanol–water partition coefficient (Wildman–Crippen LogP) is 1.95. The zero-order valence-corrected chi connectivity index (χ0v) is 14.8. The van der Waals surface area contributed by atoms with E-state index >= 15 is 0 Å². The van der Waals surface area contributed by atoms with Crippen LogP contribution in [-0.4, -0.2) is 31.7 Å². The normalized spacial score (nSPS) is 27.3. The lowest BCUT2D eigenvalue weighted by Crippen LogP contribution is -3.15. The van der Waals surface area contributed by atoms with Crippen molar-refractivity contribution in [1.82, 2.24) is 0 Å². The van der Waals surface area contributed by atoms with Gasteiger partial charge in [-0.3, -0.25) is 0 Å². The van der Waals surface area contributed by atoms with Crippen LogP contribution in [0.4, 0.5) is 0 Å². The van der Waals surface area contributed by atoms with Gasteiger partial charge in [0.15, 0.2) is 0 Å². The Bertz CT molecular complexity index is 415. The third-order valence-corrected chi connectivity index (χ3v) is 6.04. The average molecular weight is 317 g/mol. The van der Waals surface area contributed by atoms with Crippen molar-refractivity contribution in [2.75, 3.05) is 19.6 Å². The first kappa shape index (κ1) is 17.0. The highest BCUT2D eigenvalue weighted by Gasteiger charge is 2.27. The summed E-state index contributed by atoms with van der Waals surface area (Å²) >= 11 is 0. The summed E-state index contributed by atoms with van der Waals surface area (Å²) in [6, 6.07) is 12.9. The summed E-state index contributed by atoms with van der Waals surface area (Å²) < 4.78 is 0. The van der Waals surface area contributed by atoms with E-state index in [0.29, 0.717) is 0 Å². The third kappa shape index (κ3) is 5.93. The molecule has 0 bridgehead atoms. The lowest BCUT2D eigenvalue weighted by Gasteiger charge is -2.30. The SMILES string of the molecule is c1ccc(CC[NH+]2CCC([NH2+]C3CCCCCCC3)CC2)cc1. The Hall–Kier alpha value is -0.860. The summed E-state index contributed by atoms with van der Waals surface area (Å²) in [6.45, 7) is 4.10. The summed E-state index contributed by atoms with van der Waals surface area (Å²) in [5.74, 6) is 0. The van der Waals surface area contributed by atoms with Crippen molar-refractivity contribution < 1.29 is 10.2 Å². The number of quaternary nitrogens is 2. The van der Waals surface area contributed by atoms with E-state index in [4.69, 9.17) is 0 Å². The molecule has 1 saturated carbocycles. The number of hydrogen-bond donors (Lipinski definition) is 2. The van der Waals surface area contributed by atoms with Gasteiger partial charge in [-0.15, -0.1) is 0 Å². The molecule has 1 aromatic rings. The molecule has 0 amide bonds. The summed E-state index contributed by atoms with van der Waals surface area (Å²) in [7, 11) is 0. The van der Waals surface area contributed by atoms with Crippen LogP contribution in [-0.2, 0) is 6.42 Å². The van der Waals surface area contributed by atoms with E-state index < -0.39 is 0 Å². The van der Waals surface area contributed by atoms with Gasteiger partial charge in [0.25, 0.3) is 0 Å². The lowest BCUT2D eigenvalue weighted by molar-refractivity contribution is -0.914. The van der Waals surface area contributed by atoms with Gasteiger partial charge in [0.1, 0.15) is 0 Å². The molecule has 128 valence electrons. The molecule has 1 aromatic carbocycles. The van der Waals surface area contributed by atoms with E-state index in [1.807, 2.05) is 4.90 Å². The van der Waals surface area contributed by atoms with Gasteiger partial charge in [-0.05, 0) is 31.2 Å². The molecule has 23 heavy (non-hydrogen) atoms. The van der Waals surface area contributed by atoms with Crippen LogP contribution in [0.15, 0.2) is 30.3 Å². The van der Waals surface area contributed by atoms with Gasteiger partial charge in [-0.1, -0.05) is 49.6 Å². The van der Waals surface area contributed by atoms with Crippen molar-refractivity contribution in [2.24, 2.45) is 0 Å². The van der Waals surface area contributed by atoms with Crippen molar-refractivity contribution in [2.45, 2.75) is 76.3 Å². The molecule has 0 aromatic heterocycles. The predicted molar refractivity (Wildman–Crippen MR) is 96.8 cm³/mol. The maximum atomic E-state index is 2.78. The quantitative estimate of drug-likeness (QED) is 0.829. The Balaban J connectivity index is 1.34. The lowest BCUT2D eigenvalue weighted by atomic mass is 9.94. The van der Waals surface area contributed by atoms with E-state index in [1.165, 1.54) is 89.4 Å². The van der Waals surface area contributed by atoms with E-state index in [1.54, 1.807) is 0 Å². The van der Waals surface area contributed by atoms with Crippen molar-refractivity contribution in [1.29, 1.82) is 0 Å². The molecule has 0 radical (unpaired) electrons. The molecule has 1 aliphatic heterocycles. The minimum atomic E-state index is 0.917. The zero-order valence-electron chi connectivity index (χ0n) is 14.8. The minimum Gasteiger partial charge on any atom is -0.341 e. The first-order valence-corrected chi connectivity index (χ1v) is 10.1. The number of nitrogens with one attached hydrogen (secondary N) is 1. The molecule has 3 N–H and O–H groups in total. The van der Waals surface area contributed by atoms with Crippen LogP contribution in [0.5, 0.6) is 0 Å². The van der Waals surface area contributed by atoms with Crippen LogP contribution in [0.25, 0.3) is 0 Å². The highest BCUT2D eigenvalue weighted by atomic mass is 15.1. The van der Waals surface area contributed by atoms with Crippen LogP contribution in [0.2, 0.25) is 0 Å². The molecule has 1 heterocycles. The van der Waals surface area contributed by atoms with Crippen LogP contribution in [0.1, 0.15) is 63.4 Å². The smallest absolute Gasteiger partial charge is 0.0969 e. The number of benzene rings is 1. The molecular weight excluding hydrogens is 280 g/mol. The highest BCUT2D eigenvalue weighted by molar-refractivity contribution is 5.14. The van der Waals surface area contributed by atoms with Crippen molar-refractivity contribution in [3.63, 3.8) is 0 Å². The molecule has 2 aliphatic rings. The average Bonchev–Trinajstić information content (AvgIpc) is 2.57. The van der Waals surface area contributed by atoms with E-state index in [2.05, 4.69) is 35.6 Å². The van der Waals surface area contributed by atoms with Gasteiger partial charge < -0.3 is 10.2 Å². The fraction of sp³-hybridized carbons (Fsp3) is 0.714. The van der Waals surface area contributed by atoms with Gasteiger partial charge in [-0.25, -0.2) is 0 Å². The Morgan fingerprint density at radius 1 is 0.783 bits per heavy atom. The van der Waals surface area contributed by atoms with E-state index in [0.717, 1.165) is 12.1 Å². The number of nitrogens with two attached hydrogens (primary N) is 1. The minimum absolute atomic E-state index is 0.917. The first-order valence-electron chi connectivity index (χ1n) is 10.1. The third-order valence-electron chi connectivity index (χ3n) is 6.04. The molecule has 2 nitrogen and oxygen atoms in total. The Labute approximate surface area is 142 Å². The van der Waals surface area contributed by atoms with Crippen molar-refractivity contribution >= 4 is 0 Å². The van der Waals surface area contributed by atoms with Gasteiger partial charge in [0, 0.05) is 19.3 Å². The first-order chi connectivity index (χ1) is 11.4. The molecule has 2 fully saturated rings. The van der Waals surface area contributed by atoms with Gasteiger partial charge >= 0.3 is 0 Å². The number of piperidine rings is 1. The summed E-state index contributed by atoms with van der Waals surface area (Å²) in [5, 5.41) is 2.78. The van der Waals surface area contributed by atoms with Crippen LogP contribution < -0.4 is 10.2 Å². The van der Waals surface area contributed by atoms with Crippen LogP contribution in [0, 0.1) is 0 Å². The molecule has 0 atom stereocenters. The summed E-state index contributed by atoms with van der Waals surface area (Å²) in [4.78, 5) is 1.83. The van der Waals surface area contributed by atoms with Gasteiger partial charge in [-0.2, -0.15) is 0 Å². The van der Waals surface area contributed by atoms with Gasteiger partial charge in [0.05, 0.1) is 31.7 Å². The molecule has 3 rings (SSSR count). The summed E-state index contributed by atoms with van der Waals surface area (Å²) in [5.41, 5.74) is 1.50. The molecule has 1 saturated heterocycles. The van der Waals surface area contributed by atoms with E-state index in [9.17, 15) is 0 Å². The monoisotopic (exact) mass is 316 g/mol. The fourth-order valence-corrected chi connectivity index (χ4v) is 4.52. The van der Waals surface area contributed by atoms with Gasteiger partial charge in [0.2, 0.25) is 0 Å². The van der Waals surface area contributed by atoms with Crippen molar-refractivity contribution in [3.8, 4) is 0 Å². The number of rotatable bonds is 5. The Kier molecular flexibility index (Phi) is 6.97. The second kappa shape index (κ2) is 9.44. The largest absolute Gasteiger partial charge is 0.341 e. The zero-order chi connectivity index (χ0) is 15.7. The van der Waals surface area contributed by atoms with Crippen molar-refractivity contribution in [3.05, 3.63) is 35.9 Å². The summed E-state index contributed by atoms with van der Waals surface area (Å²) in [6.07, 6.45) is 14.4.